The molecule has 28 heavy (non-hydrogen) atoms. The molecule has 1 aliphatic rings. The van der Waals surface area contributed by atoms with Crippen LogP contribution in [-0.4, -0.2) is 29.6 Å². The van der Waals surface area contributed by atoms with Crippen LogP contribution in [0.1, 0.15) is 36.0 Å². The Kier molecular flexibility index (Phi) is 5.09. The van der Waals surface area contributed by atoms with Crippen LogP contribution >= 0.6 is 11.3 Å². The molecule has 1 aliphatic heterocycles. The summed E-state index contributed by atoms with van der Waals surface area (Å²) in [5, 5.41) is 5.50. The smallest absolute Gasteiger partial charge is 0.324 e. The summed E-state index contributed by atoms with van der Waals surface area (Å²) in [5.41, 5.74) is 2.91. The number of nitrogens with zero attached hydrogens (tertiary/aromatic N) is 2. The van der Waals surface area contributed by atoms with Gasteiger partial charge in [0.05, 0.1) is 18.8 Å². The first-order valence-corrected chi connectivity index (χ1v) is 10.2. The molecule has 0 bridgehead atoms. The third-order valence-corrected chi connectivity index (χ3v) is 5.81. The van der Waals surface area contributed by atoms with E-state index in [1.807, 2.05) is 54.5 Å². The van der Waals surface area contributed by atoms with Crippen LogP contribution in [0.2, 0.25) is 0 Å². The molecule has 1 atom stereocenters. The van der Waals surface area contributed by atoms with E-state index in [-0.39, 0.29) is 12.1 Å². The highest BCUT2D eigenvalue weighted by Crippen LogP contribution is 2.34. The van der Waals surface area contributed by atoms with Gasteiger partial charge in [0.25, 0.3) is 0 Å². The van der Waals surface area contributed by atoms with Gasteiger partial charge in [-0.2, -0.15) is 0 Å². The van der Waals surface area contributed by atoms with Gasteiger partial charge in [-0.1, -0.05) is 12.1 Å². The number of aryl methyl sites for hydroxylation is 2. The number of urea groups is 1. The number of benzene rings is 1. The van der Waals surface area contributed by atoms with Crippen molar-refractivity contribution >= 4 is 22.5 Å². The van der Waals surface area contributed by atoms with Gasteiger partial charge in [-0.25, -0.2) is 9.78 Å². The maximum atomic E-state index is 12.9. The fourth-order valence-electron chi connectivity index (χ4n) is 3.69. The highest BCUT2D eigenvalue weighted by atomic mass is 32.1. The number of anilines is 1. The molecule has 6 nitrogen and oxygen atoms in total. The lowest BCUT2D eigenvalue weighted by atomic mass is 10.0. The lowest BCUT2D eigenvalue weighted by molar-refractivity contribution is 0.207. The second-order valence-corrected chi connectivity index (χ2v) is 7.78. The van der Waals surface area contributed by atoms with E-state index in [0.717, 1.165) is 53.5 Å². The van der Waals surface area contributed by atoms with E-state index in [0.29, 0.717) is 5.13 Å². The van der Waals surface area contributed by atoms with Crippen LogP contribution < -0.4 is 10.1 Å². The summed E-state index contributed by atoms with van der Waals surface area (Å²) in [4.78, 5) is 19.3. The lowest BCUT2D eigenvalue weighted by Gasteiger charge is -2.25. The number of likely N-dealkylation sites (tertiary alicyclic amines) is 1. The zero-order chi connectivity index (χ0) is 19.7. The van der Waals surface area contributed by atoms with Gasteiger partial charge >= 0.3 is 6.03 Å². The third kappa shape index (κ3) is 3.62. The topological polar surface area (TPSA) is 67.6 Å². The van der Waals surface area contributed by atoms with Crippen molar-refractivity contribution in [1.82, 2.24) is 9.88 Å². The monoisotopic (exact) mass is 397 g/mol. The Bertz CT molecular complexity index is 977. The van der Waals surface area contributed by atoms with Crippen molar-refractivity contribution in [1.29, 1.82) is 0 Å². The van der Waals surface area contributed by atoms with Crippen LogP contribution in [0.5, 0.6) is 5.75 Å². The summed E-state index contributed by atoms with van der Waals surface area (Å²) in [5.74, 6) is 2.50. The highest BCUT2D eigenvalue weighted by molar-refractivity contribution is 7.14. The minimum Gasteiger partial charge on any atom is -0.497 e. The highest BCUT2D eigenvalue weighted by Gasteiger charge is 2.30. The lowest BCUT2D eigenvalue weighted by Crippen LogP contribution is -2.34. The number of carbonyl (C=O) groups is 1. The number of furan rings is 1. The molecule has 3 aromatic rings. The van der Waals surface area contributed by atoms with Crippen molar-refractivity contribution in [2.24, 2.45) is 0 Å². The molecule has 1 fully saturated rings. The molecule has 0 aliphatic carbocycles. The molecule has 4 rings (SSSR count). The van der Waals surface area contributed by atoms with Gasteiger partial charge in [0.2, 0.25) is 0 Å². The second-order valence-electron chi connectivity index (χ2n) is 6.92. The number of methoxy groups -OCH3 is 1. The average molecular weight is 398 g/mol. The first kappa shape index (κ1) is 18.6. The van der Waals surface area contributed by atoms with Crippen molar-refractivity contribution in [3.63, 3.8) is 0 Å². The Morgan fingerprint density at radius 3 is 2.79 bits per heavy atom. The Morgan fingerprint density at radius 2 is 2.11 bits per heavy atom. The molecule has 146 valence electrons. The summed E-state index contributed by atoms with van der Waals surface area (Å²) in [6.07, 6.45) is 1.94. The molecule has 1 unspecified atom stereocenters. The molecule has 3 heterocycles. The van der Waals surface area contributed by atoms with Crippen LogP contribution in [0.25, 0.3) is 11.3 Å². The van der Waals surface area contributed by atoms with Gasteiger partial charge in [-0.05, 0) is 50.5 Å². The molecular formula is C21H23N3O3S. The predicted octanol–water partition coefficient (Wildman–Crippen LogP) is 5.40. The van der Waals surface area contributed by atoms with Crippen molar-refractivity contribution in [2.45, 2.75) is 32.7 Å². The number of rotatable bonds is 4. The Morgan fingerprint density at radius 1 is 1.32 bits per heavy atom. The molecule has 7 heteroatoms. The van der Waals surface area contributed by atoms with Gasteiger partial charge in [0.15, 0.2) is 5.13 Å². The Balaban J connectivity index is 1.47. The summed E-state index contributed by atoms with van der Waals surface area (Å²) in [6, 6.07) is 9.86. The van der Waals surface area contributed by atoms with Crippen molar-refractivity contribution < 1.29 is 13.9 Å². The Hall–Kier alpha value is -2.80. The predicted molar refractivity (Wildman–Crippen MR) is 110 cm³/mol. The number of hydrogen-bond donors (Lipinski definition) is 1. The van der Waals surface area contributed by atoms with Crippen molar-refractivity contribution in [2.75, 3.05) is 19.0 Å². The van der Waals surface area contributed by atoms with Crippen molar-refractivity contribution in [3.05, 3.63) is 52.8 Å². The van der Waals surface area contributed by atoms with E-state index in [9.17, 15) is 4.79 Å². The summed E-state index contributed by atoms with van der Waals surface area (Å²) < 4.78 is 10.8. The van der Waals surface area contributed by atoms with E-state index in [2.05, 4.69) is 10.3 Å². The molecule has 1 N–H and O–H groups in total. The third-order valence-electron chi connectivity index (χ3n) is 5.05. The molecule has 0 saturated carbocycles. The fourth-order valence-corrected chi connectivity index (χ4v) is 4.39. The summed E-state index contributed by atoms with van der Waals surface area (Å²) in [6.45, 7) is 4.57. The Labute approximate surface area is 168 Å². The van der Waals surface area contributed by atoms with Crippen LogP contribution in [0, 0.1) is 13.8 Å². The first-order chi connectivity index (χ1) is 13.5. The van der Waals surface area contributed by atoms with E-state index in [4.69, 9.17) is 9.15 Å². The molecule has 2 aromatic heterocycles. The standard InChI is InChI=1S/C21H23N3O3S/c1-13-11-17(14(2)27-13)18-12-28-20(22-18)23-21(25)24-10-4-5-19(24)15-6-8-16(26-3)9-7-15/h6-9,11-12,19H,4-5,10H2,1-3H3,(H,22,23,25). The molecule has 0 spiro atoms. The number of hydrogen-bond acceptors (Lipinski definition) is 5. The fraction of sp³-hybridized carbons (Fsp3) is 0.333. The van der Waals surface area contributed by atoms with Crippen LogP contribution in [-0.2, 0) is 0 Å². The molecule has 2 amide bonds. The van der Waals surface area contributed by atoms with Gasteiger partial charge in [0, 0.05) is 17.5 Å². The zero-order valence-electron chi connectivity index (χ0n) is 16.2. The van der Waals surface area contributed by atoms with E-state index >= 15 is 0 Å². The molecule has 1 saturated heterocycles. The molecular weight excluding hydrogens is 374 g/mol. The van der Waals surface area contributed by atoms with Crippen LogP contribution in [0.3, 0.4) is 0 Å². The van der Waals surface area contributed by atoms with E-state index in [1.165, 1.54) is 11.3 Å². The number of carbonyl (C=O) groups excluding carboxylic acids is 1. The zero-order valence-corrected chi connectivity index (χ0v) is 17.0. The molecule has 1 aromatic carbocycles. The number of amides is 2. The second kappa shape index (κ2) is 7.67. The summed E-state index contributed by atoms with van der Waals surface area (Å²) in [7, 11) is 1.65. The van der Waals surface area contributed by atoms with Crippen LogP contribution in [0.15, 0.2) is 40.1 Å². The van der Waals surface area contributed by atoms with Gasteiger partial charge in [-0.15, -0.1) is 11.3 Å². The number of nitrogens with one attached hydrogen (secondary N) is 1. The molecule has 0 radical (unpaired) electrons. The van der Waals surface area contributed by atoms with Crippen LogP contribution in [0.4, 0.5) is 9.93 Å². The first-order valence-electron chi connectivity index (χ1n) is 9.29. The SMILES string of the molecule is COc1ccc(C2CCCN2C(=O)Nc2nc(-c3cc(C)oc3C)cs2)cc1. The van der Waals surface area contributed by atoms with Gasteiger partial charge < -0.3 is 14.1 Å². The quantitative estimate of drug-likeness (QED) is 0.640. The average Bonchev–Trinajstić information content (AvgIpc) is 3.41. The number of ether oxygens (including phenoxy) is 1. The minimum atomic E-state index is -0.112. The normalized spacial score (nSPS) is 16.4. The van der Waals surface area contributed by atoms with Crippen molar-refractivity contribution in [3.8, 4) is 17.0 Å². The van der Waals surface area contributed by atoms with E-state index < -0.39 is 0 Å². The van der Waals surface area contributed by atoms with E-state index in [1.54, 1.807) is 7.11 Å². The maximum absolute atomic E-state index is 12.9. The maximum Gasteiger partial charge on any atom is 0.324 e. The summed E-state index contributed by atoms with van der Waals surface area (Å²) >= 11 is 1.42. The van der Waals surface area contributed by atoms with Gasteiger partial charge in [0.1, 0.15) is 17.3 Å². The number of thiazole rings is 1. The van der Waals surface area contributed by atoms with Gasteiger partial charge in [-0.3, -0.25) is 5.32 Å². The largest absolute Gasteiger partial charge is 0.497 e. The minimum absolute atomic E-state index is 0.0732. The number of aromatic nitrogens is 1.